The lowest BCUT2D eigenvalue weighted by Gasteiger charge is -2.11. The van der Waals surface area contributed by atoms with Crippen molar-refractivity contribution in [1.29, 1.82) is 0 Å². The number of nitrogens with one attached hydrogen (secondary N) is 1. The molecule has 19 heavy (non-hydrogen) atoms. The molecule has 0 saturated carbocycles. The molecule has 0 amide bonds. The fraction of sp³-hybridized carbons (Fsp3) is 0.267. The first kappa shape index (κ1) is 13.7. The van der Waals surface area contributed by atoms with E-state index < -0.39 is 0 Å². The first-order valence-corrected chi connectivity index (χ1v) is 6.77. The molecule has 0 fully saturated rings. The summed E-state index contributed by atoms with van der Waals surface area (Å²) in [5.74, 6) is 2.08. The second-order valence-electron chi connectivity index (χ2n) is 4.23. The predicted molar refractivity (Wildman–Crippen MR) is 79.4 cm³/mol. The van der Waals surface area contributed by atoms with Gasteiger partial charge in [-0.3, -0.25) is 0 Å². The van der Waals surface area contributed by atoms with Crippen molar-refractivity contribution in [3.8, 4) is 5.75 Å². The Bertz CT molecular complexity index is 558. The van der Waals surface area contributed by atoms with Gasteiger partial charge in [0.05, 0.1) is 12.5 Å². The van der Waals surface area contributed by atoms with Crippen LogP contribution in [0.1, 0.15) is 18.1 Å². The van der Waals surface area contributed by atoms with Gasteiger partial charge in [-0.2, -0.15) is 0 Å². The Morgan fingerprint density at radius 3 is 2.79 bits per heavy atom. The molecule has 0 atom stereocenters. The Morgan fingerprint density at radius 2 is 2.11 bits per heavy atom. The van der Waals surface area contributed by atoms with Crippen molar-refractivity contribution in [3.05, 3.63) is 47.7 Å². The molecule has 100 valence electrons. The minimum atomic E-state index is 0.423. The van der Waals surface area contributed by atoms with E-state index in [0.29, 0.717) is 12.5 Å². The zero-order valence-electron chi connectivity index (χ0n) is 11.1. The Labute approximate surface area is 118 Å². The number of alkyl halides is 1. The van der Waals surface area contributed by atoms with Crippen molar-refractivity contribution in [2.45, 2.75) is 19.7 Å². The zero-order valence-corrected chi connectivity index (χ0v) is 11.9. The van der Waals surface area contributed by atoms with Crippen molar-refractivity contribution < 1.29 is 4.74 Å². The highest BCUT2D eigenvalue weighted by molar-refractivity contribution is 6.17. The Balaban J connectivity index is 2.21. The molecule has 1 aromatic carbocycles. The molecule has 0 spiro atoms. The lowest BCUT2D eigenvalue weighted by atomic mass is 10.2. The number of anilines is 2. The molecule has 0 radical (unpaired) electrons. The van der Waals surface area contributed by atoms with Gasteiger partial charge >= 0.3 is 0 Å². The lowest BCUT2D eigenvalue weighted by molar-refractivity contribution is 0.337. The van der Waals surface area contributed by atoms with E-state index in [4.69, 9.17) is 16.3 Å². The summed E-state index contributed by atoms with van der Waals surface area (Å²) >= 11 is 5.94. The fourth-order valence-electron chi connectivity index (χ4n) is 1.81. The van der Waals surface area contributed by atoms with Crippen LogP contribution in [0.5, 0.6) is 5.75 Å². The van der Waals surface area contributed by atoms with Gasteiger partial charge in [0, 0.05) is 17.4 Å². The summed E-state index contributed by atoms with van der Waals surface area (Å²) in [6, 6.07) is 9.84. The topological polar surface area (TPSA) is 34.1 Å². The van der Waals surface area contributed by atoms with E-state index in [-0.39, 0.29) is 0 Å². The second-order valence-corrected chi connectivity index (χ2v) is 4.50. The van der Waals surface area contributed by atoms with Gasteiger partial charge in [0.2, 0.25) is 0 Å². The van der Waals surface area contributed by atoms with Crippen molar-refractivity contribution in [2.24, 2.45) is 0 Å². The number of rotatable bonds is 5. The molecule has 0 saturated heterocycles. The average Bonchev–Trinajstić information content (AvgIpc) is 2.41. The summed E-state index contributed by atoms with van der Waals surface area (Å²) < 4.78 is 5.52. The summed E-state index contributed by atoms with van der Waals surface area (Å²) in [5.41, 5.74) is 3.10. The lowest BCUT2D eigenvalue weighted by Crippen LogP contribution is -1.98. The number of nitrogens with zero attached hydrogens (tertiary/aromatic N) is 1. The predicted octanol–water partition coefficient (Wildman–Crippen LogP) is 4.27. The first-order valence-electron chi connectivity index (χ1n) is 6.24. The summed E-state index contributed by atoms with van der Waals surface area (Å²) in [4.78, 5) is 4.27. The average molecular weight is 277 g/mol. The van der Waals surface area contributed by atoms with Crippen molar-refractivity contribution in [1.82, 2.24) is 4.98 Å². The molecule has 1 N–H and O–H groups in total. The Hall–Kier alpha value is -1.74. The summed E-state index contributed by atoms with van der Waals surface area (Å²) in [6.45, 7) is 4.63. The molecular formula is C15H17ClN2O. The van der Waals surface area contributed by atoms with Crippen LogP contribution in [0, 0.1) is 6.92 Å². The molecule has 0 bridgehead atoms. The maximum atomic E-state index is 5.94. The van der Waals surface area contributed by atoms with Crippen molar-refractivity contribution in [3.63, 3.8) is 0 Å². The zero-order chi connectivity index (χ0) is 13.7. The van der Waals surface area contributed by atoms with E-state index in [1.165, 1.54) is 5.56 Å². The van der Waals surface area contributed by atoms with Crippen LogP contribution < -0.4 is 10.1 Å². The van der Waals surface area contributed by atoms with Gasteiger partial charge < -0.3 is 10.1 Å². The van der Waals surface area contributed by atoms with Gasteiger partial charge in [-0.05, 0) is 49.7 Å². The smallest absolute Gasteiger partial charge is 0.130 e. The van der Waals surface area contributed by atoms with Crippen LogP contribution in [0.3, 0.4) is 0 Å². The van der Waals surface area contributed by atoms with Gasteiger partial charge in [-0.15, -0.1) is 11.6 Å². The largest absolute Gasteiger partial charge is 0.494 e. The van der Waals surface area contributed by atoms with Gasteiger partial charge in [-0.25, -0.2) is 4.98 Å². The molecule has 3 nitrogen and oxygen atoms in total. The normalized spacial score (nSPS) is 10.3. The molecule has 2 rings (SSSR count). The van der Waals surface area contributed by atoms with Crippen molar-refractivity contribution in [2.75, 3.05) is 11.9 Å². The van der Waals surface area contributed by atoms with E-state index >= 15 is 0 Å². The molecule has 4 heteroatoms. The minimum Gasteiger partial charge on any atom is -0.494 e. The molecule has 0 unspecified atom stereocenters. The van der Waals surface area contributed by atoms with Crippen LogP contribution >= 0.6 is 11.6 Å². The number of hydrogen-bond donors (Lipinski definition) is 1. The quantitative estimate of drug-likeness (QED) is 0.828. The van der Waals surface area contributed by atoms with Crippen LogP contribution in [0.25, 0.3) is 0 Å². The number of ether oxygens (including phenoxy) is 1. The highest BCUT2D eigenvalue weighted by Gasteiger charge is 2.04. The number of aryl methyl sites for hydroxylation is 1. The molecule has 2 aromatic rings. The van der Waals surface area contributed by atoms with Gasteiger partial charge in [0.15, 0.2) is 0 Å². The van der Waals surface area contributed by atoms with E-state index in [9.17, 15) is 0 Å². The first-order chi connectivity index (χ1) is 9.22. The number of hydrogen-bond acceptors (Lipinski definition) is 3. The number of benzene rings is 1. The third-order valence-corrected chi connectivity index (χ3v) is 2.98. The molecule has 1 heterocycles. The molecule has 0 aliphatic carbocycles. The van der Waals surface area contributed by atoms with Crippen LogP contribution in [-0.4, -0.2) is 11.6 Å². The molecule has 0 aliphatic rings. The molecular weight excluding hydrogens is 260 g/mol. The Kier molecular flexibility index (Phi) is 4.63. The van der Waals surface area contributed by atoms with Crippen molar-refractivity contribution >= 4 is 23.1 Å². The molecule has 0 aliphatic heterocycles. The van der Waals surface area contributed by atoms with Crippen LogP contribution in [0.15, 0.2) is 36.5 Å². The van der Waals surface area contributed by atoms with E-state index in [0.717, 1.165) is 22.8 Å². The molecule has 1 aromatic heterocycles. The van der Waals surface area contributed by atoms with Crippen LogP contribution in [0.4, 0.5) is 11.5 Å². The van der Waals surface area contributed by atoms with Gasteiger partial charge in [0.1, 0.15) is 11.6 Å². The number of pyridine rings is 1. The Morgan fingerprint density at radius 1 is 1.26 bits per heavy atom. The maximum Gasteiger partial charge on any atom is 0.130 e. The summed E-state index contributed by atoms with van der Waals surface area (Å²) in [6.07, 6.45) is 1.79. The number of halogens is 1. The summed E-state index contributed by atoms with van der Waals surface area (Å²) in [5, 5.41) is 3.26. The second kappa shape index (κ2) is 6.43. The number of aromatic nitrogens is 1. The maximum absolute atomic E-state index is 5.94. The minimum absolute atomic E-state index is 0.423. The van der Waals surface area contributed by atoms with E-state index in [2.05, 4.69) is 10.3 Å². The highest BCUT2D eigenvalue weighted by atomic mass is 35.5. The van der Waals surface area contributed by atoms with E-state index in [1.807, 2.05) is 44.2 Å². The standard InChI is InChI=1S/C15H17ClN2O/c1-3-19-14-5-4-13(9-12(14)10-16)18-15-8-11(2)6-7-17-15/h4-9H,3,10H2,1-2H3,(H,17,18). The monoisotopic (exact) mass is 276 g/mol. The van der Waals surface area contributed by atoms with Gasteiger partial charge in [0.25, 0.3) is 0 Å². The van der Waals surface area contributed by atoms with Crippen LogP contribution in [-0.2, 0) is 5.88 Å². The fourth-order valence-corrected chi connectivity index (χ4v) is 2.02. The third-order valence-electron chi connectivity index (χ3n) is 2.69. The summed E-state index contributed by atoms with van der Waals surface area (Å²) in [7, 11) is 0. The van der Waals surface area contributed by atoms with Gasteiger partial charge in [-0.1, -0.05) is 0 Å². The third kappa shape index (κ3) is 3.61. The highest BCUT2D eigenvalue weighted by Crippen LogP contribution is 2.26. The van der Waals surface area contributed by atoms with Crippen LogP contribution in [0.2, 0.25) is 0 Å². The SMILES string of the molecule is CCOc1ccc(Nc2cc(C)ccn2)cc1CCl. The van der Waals surface area contributed by atoms with E-state index in [1.54, 1.807) is 6.20 Å².